The summed E-state index contributed by atoms with van der Waals surface area (Å²) in [6.07, 6.45) is 1.70. The molecule has 0 bridgehead atoms. The number of benzene rings is 1. The van der Waals surface area contributed by atoms with Gasteiger partial charge in [-0.1, -0.05) is 24.3 Å². The Bertz CT molecular complexity index is 520. The van der Waals surface area contributed by atoms with Crippen LogP contribution in [-0.2, 0) is 4.74 Å². The average molecular weight is 305 g/mol. The van der Waals surface area contributed by atoms with Gasteiger partial charge < -0.3 is 14.8 Å². The highest BCUT2D eigenvalue weighted by atomic mass is 16.6. The lowest BCUT2D eigenvalue weighted by atomic mass is 9.80. The molecule has 22 heavy (non-hydrogen) atoms. The average Bonchev–Trinajstić information content (AvgIpc) is 3.21. The van der Waals surface area contributed by atoms with Crippen LogP contribution in [0.5, 0.6) is 0 Å². The molecule has 1 aromatic rings. The van der Waals surface area contributed by atoms with Crippen LogP contribution in [0.3, 0.4) is 0 Å². The maximum absolute atomic E-state index is 12.5. The largest absolute Gasteiger partial charge is 0.488 e. The van der Waals surface area contributed by atoms with Gasteiger partial charge in [0.15, 0.2) is 0 Å². The monoisotopic (exact) mass is 305 g/mol. The molecule has 1 saturated carbocycles. The number of hydrogen-bond donors (Lipinski definition) is 2. The number of nitrogens with zero attached hydrogens (tertiary/aromatic N) is 1. The van der Waals surface area contributed by atoms with Gasteiger partial charge in [0.25, 0.3) is 0 Å². The highest BCUT2D eigenvalue weighted by molar-refractivity contribution is 6.58. The lowest BCUT2D eigenvalue weighted by Crippen LogP contribution is -2.40. The fraction of sp³-hybridized carbons (Fsp3) is 0.562. The number of rotatable bonds is 4. The van der Waals surface area contributed by atoms with Gasteiger partial charge in [-0.2, -0.15) is 0 Å². The van der Waals surface area contributed by atoms with Crippen molar-refractivity contribution in [2.75, 3.05) is 0 Å². The Balaban J connectivity index is 2.16. The molecule has 5 nitrogen and oxygen atoms in total. The van der Waals surface area contributed by atoms with E-state index >= 15 is 0 Å². The Kier molecular flexibility index (Phi) is 4.82. The normalized spacial score (nSPS) is 16.1. The number of amides is 1. The molecule has 0 saturated heterocycles. The summed E-state index contributed by atoms with van der Waals surface area (Å²) < 4.78 is 5.51. The van der Waals surface area contributed by atoms with Crippen molar-refractivity contribution in [2.24, 2.45) is 0 Å². The summed E-state index contributed by atoms with van der Waals surface area (Å²) in [5.41, 5.74) is 0.864. The topological polar surface area (TPSA) is 70.0 Å². The second kappa shape index (κ2) is 6.30. The molecule has 1 fully saturated rings. The first kappa shape index (κ1) is 16.8. The van der Waals surface area contributed by atoms with Crippen molar-refractivity contribution < 1.29 is 19.6 Å². The third-order valence-corrected chi connectivity index (χ3v) is 3.68. The summed E-state index contributed by atoms with van der Waals surface area (Å²) in [5.74, 6) is 0. The number of carbonyl (C=O) groups excluding carboxylic acids is 1. The van der Waals surface area contributed by atoms with Gasteiger partial charge in [-0.3, -0.25) is 4.90 Å². The van der Waals surface area contributed by atoms with Gasteiger partial charge in [-0.25, -0.2) is 4.79 Å². The first-order valence-electron chi connectivity index (χ1n) is 7.66. The van der Waals surface area contributed by atoms with E-state index in [4.69, 9.17) is 14.8 Å². The van der Waals surface area contributed by atoms with Crippen LogP contribution in [0.25, 0.3) is 0 Å². The van der Waals surface area contributed by atoms with E-state index in [0.29, 0.717) is 5.46 Å². The molecule has 1 aliphatic rings. The lowest BCUT2D eigenvalue weighted by molar-refractivity contribution is 0.0153. The Morgan fingerprint density at radius 1 is 1.27 bits per heavy atom. The molecular weight excluding hydrogens is 281 g/mol. The standard InChI is InChI=1S/C16H24BNO4/c1-11(12-5-7-13(8-6-12)17(20)21)18(14-9-10-14)15(19)22-16(2,3)4/h5-8,11,14,20-21H,9-10H2,1-4H3/t11-/m0/s1. The van der Waals surface area contributed by atoms with Crippen molar-refractivity contribution in [1.82, 2.24) is 4.90 Å². The molecule has 1 atom stereocenters. The zero-order valence-corrected chi connectivity index (χ0v) is 13.6. The summed E-state index contributed by atoms with van der Waals surface area (Å²) in [4.78, 5) is 14.2. The Labute approximate surface area is 132 Å². The van der Waals surface area contributed by atoms with Crippen molar-refractivity contribution in [3.8, 4) is 0 Å². The zero-order chi connectivity index (χ0) is 16.5. The van der Waals surface area contributed by atoms with Gasteiger partial charge in [0.2, 0.25) is 0 Å². The van der Waals surface area contributed by atoms with Crippen LogP contribution in [0, 0.1) is 0 Å². The predicted molar refractivity (Wildman–Crippen MR) is 85.8 cm³/mol. The van der Waals surface area contributed by atoms with E-state index < -0.39 is 12.7 Å². The van der Waals surface area contributed by atoms with E-state index in [0.717, 1.165) is 18.4 Å². The Morgan fingerprint density at radius 2 is 1.82 bits per heavy atom. The third kappa shape index (κ3) is 4.24. The molecule has 6 heteroatoms. The van der Waals surface area contributed by atoms with Gasteiger partial charge in [-0.15, -0.1) is 0 Å². The van der Waals surface area contributed by atoms with Gasteiger partial charge >= 0.3 is 13.2 Å². The third-order valence-electron chi connectivity index (χ3n) is 3.68. The molecular formula is C16H24BNO4. The minimum atomic E-state index is -1.48. The first-order valence-corrected chi connectivity index (χ1v) is 7.66. The summed E-state index contributed by atoms with van der Waals surface area (Å²) in [6, 6.07) is 7.08. The van der Waals surface area contributed by atoms with Gasteiger partial charge in [0.1, 0.15) is 5.60 Å². The second-order valence-corrected chi connectivity index (χ2v) is 6.84. The molecule has 0 radical (unpaired) electrons. The molecule has 120 valence electrons. The minimum Gasteiger partial charge on any atom is -0.444 e. The summed E-state index contributed by atoms with van der Waals surface area (Å²) >= 11 is 0. The van der Waals surface area contributed by atoms with E-state index in [1.165, 1.54) is 0 Å². The van der Waals surface area contributed by atoms with E-state index in [-0.39, 0.29) is 18.2 Å². The van der Waals surface area contributed by atoms with Crippen molar-refractivity contribution >= 4 is 18.7 Å². The molecule has 0 heterocycles. The summed E-state index contributed by atoms with van der Waals surface area (Å²) in [5, 5.41) is 18.3. The Morgan fingerprint density at radius 3 is 2.23 bits per heavy atom. The van der Waals surface area contributed by atoms with Gasteiger partial charge in [-0.05, 0) is 51.6 Å². The maximum atomic E-state index is 12.5. The molecule has 1 aliphatic carbocycles. The van der Waals surface area contributed by atoms with Crippen LogP contribution >= 0.6 is 0 Å². The van der Waals surface area contributed by atoms with Crippen LogP contribution in [0.15, 0.2) is 24.3 Å². The molecule has 0 aromatic heterocycles. The SMILES string of the molecule is C[C@@H](c1ccc(B(O)O)cc1)N(C(=O)OC(C)(C)C)C1CC1. The van der Waals surface area contributed by atoms with E-state index in [9.17, 15) is 4.79 Å². The van der Waals surface area contributed by atoms with Crippen LogP contribution in [0.2, 0.25) is 0 Å². The second-order valence-electron chi connectivity index (χ2n) is 6.84. The highest BCUT2D eigenvalue weighted by Crippen LogP contribution is 2.35. The van der Waals surface area contributed by atoms with Crippen molar-refractivity contribution in [3.63, 3.8) is 0 Å². The maximum Gasteiger partial charge on any atom is 0.488 e. The van der Waals surface area contributed by atoms with Gasteiger partial charge in [0.05, 0.1) is 6.04 Å². The Hall–Kier alpha value is -1.53. The number of carbonyl (C=O) groups is 1. The van der Waals surface area contributed by atoms with Crippen LogP contribution in [0.4, 0.5) is 4.79 Å². The van der Waals surface area contributed by atoms with Crippen molar-refractivity contribution in [1.29, 1.82) is 0 Å². The molecule has 0 aliphatic heterocycles. The number of hydrogen-bond acceptors (Lipinski definition) is 4. The molecule has 1 amide bonds. The smallest absolute Gasteiger partial charge is 0.444 e. The van der Waals surface area contributed by atoms with Crippen molar-refractivity contribution in [3.05, 3.63) is 29.8 Å². The van der Waals surface area contributed by atoms with Crippen molar-refractivity contribution in [2.45, 2.75) is 58.2 Å². The molecule has 0 unspecified atom stereocenters. The van der Waals surface area contributed by atoms with E-state index in [1.807, 2.05) is 39.8 Å². The van der Waals surface area contributed by atoms with E-state index in [2.05, 4.69) is 0 Å². The minimum absolute atomic E-state index is 0.118. The number of ether oxygens (including phenoxy) is 1. The molecule has 2 N–H and O–H groups in total. The molecule has 2 rings (SSSR count). The summed E-state index contributed by atoms with van der Waals surface area (Å²) in [7, 11) is -1.48. The molecule has 0 spiro atoms. The van der Waals surface area contributed by atoms with E-state index in [1.54, 1.807) is 17.0 Å². The zero-order valence-electron chi connectivity index (χ0n) is 13.6. The van der Waals surface area contributed by atoms with Crippen LogP contribution in [-0.4, -0.2) is 39.8 Å². The highest BCUT2D eigenvalue weighted by Gasteiger charge is 2.38. The first-order chi connectivity index (χ1) is 10.2. The fourth-order valence-corrected chi connectivity index (χ4v) is 2.40. The van der Waals surface area contributed by atoms with Crippen LogP contribution < -0.4 is 5.46 Å². The van der Waals surface area contributed by atoms with Crippen LogP contribution in [0.1, 0.15) is 52.1 Å². The predicted octanol–water partition coefficient (Wildman–Crippen LogP) is 1.83. The summed E-state index contributed by atoms with van der Waals surface area (Å²) in [6.45, 7) is 7.54. The molecule has 1 aromatic carbocycles. The lowest BCUT2D eigenvalue weighted by Gasteiger charge is -2.32. The fourth-order valence-electron chi connectivity index (χ4n) is 2.40. The van der Waals surface area contributed by atoms with Gasteiger partial charge in [0, 0.05) is 6.04 Å². The quantitative estimate of drug-likeness (QED) is 0.833.